The molecule has 7 heteroatoms. The number of nitrogens with one attached hydrogen (secondary N) is 1. The van der Waals surface area contributed by atoms with Crippen molar-refractivity contribution in [1.82, 2.24) is 14.5 Å². The first-order valence-electron chi connectivity index (χ1n) is 8.69. The molecule has 3 aromatic rings. The van der Waals surface area contributed by atoms with Crippen molar-refractivity contribution in [1.29, 1.82) is 0 Å². The van der Waals surface area contributed by atoms with E-state index in [0.717, 1.165) is 10.1 Å². The zero-order valence-electron chi connectivity index (χ0n) is 15.1. The number of hydrogen-bond donors (Lipinski definition) is 1. The number of fused-ring (bicyclic) bond motifs is 1. The van der Waals surface area contributed by atoms with Gasteiger partial charge in [-0.2, -0.15) is 0 Å². The minimum atomic E-state index is -0.528. The molecule has 1 N–H and O–H groups in total. The van der Waals surface area contributed by atoms with Crippen LogP contribution in [0.4, 0.5) is 0 Å². The third-order valence-electron chi connectivity index (χ3n) is 4.48. The van der Waals surface area contributed by atoms with Gasteiger partial charge in [-0.05, 0) is 37.6 Å². The van der Waals surface area contributed by atoms with Crippen LogP contribution >= 0.6 is 11.6 Å². The van der Waals surface area contributed by atoms with Crippen LogP contribution in [0.25, 0.3) is 10.9 Å². The lowest BCUT2D eigenvalue weighted by Crippen LogP contribution is -2.42. The Morgan fingerprint density at radius 2 is 1.81 bits per heavy atom. The fourth-order valence-electron chi connectivity index (χ4n) is 3.08. The molecule has 0 fully saturated rings. The first kappa shape index (κ1) is 18.9. The average molecular weight is 386 g/mol. The first-order chi connectivity index (χ1) is 12.9. The first-order valence-corrected chi connectivity index (χ1v) is 9.07. The molecule has 1 amide bonds. The molecule has 0 saturated heterocycles. The number of carbonyl (C=O) groups excluding carboxylic acids is 1. The lowest BCUT2D eigenvalue weighted by atomic mass is 10.1. The van der Waals surface area contributed by atoms with Crippen molar-refractivity contribution in [2.75, 3.05) is 0 Å². The summed E-state index contributed by atoms with van der Waals surface area (Å²) in [5.41, 5.74) is 0.401. The molecule has 27 heavy (non-hydrogen) atoms. The summed E-state index contributed by atoms with van der Waals surface area (Å²) in [6, 6.07) is 14.0. The average Bonchev–Trinajstić information content (AvgIpc) is 2.66. The highest BCUT2D eigenvalue weighted by Gasteiger charge is 2.16. The molecule has 0 spiro atoms. The molecule has 0 radical (unpaired) electrons. The van der Waals surface area contributed by atoms with Crippen molar-refractivity contribution in [2.24, 2.45) is 0 Å². The highest BCUT2D eigenvalue weighted by atomic mass is 35.5. The van der Waals surface area contributed by atoms with E-state index in [2.05, 4.69) is 5.32 Å². The monoisotopic (exact) mass is 385 g/mol. The molecule has 3 rings (SSSR count). The molecule has 140 valence electrons. The number of benzene rings is 2. The molecule has 1 unspecified atom stereocenters. The highest BCUT2D eigenvalue weighted by molar-refractivity contribution is 6.31. The molecule has 0 aliphatic rings. The van der Waals surface area contributed by atoms with E-state index in [1.54, 1.807) is 19.1 Å². The van der Waals surface area contributed by atoms with E-state index in [0.29, 0.717) is 15.9 Å². The second-order valence-corrected chi connectivity index (χ2v) is 6.72. The van der Waals surface area contributed by atoms with Gasteiger partial charge in [0.05, 0.1) is 16.9 Å². The number of aromatic nitrogens is 2. The zero-order valence-corrected chi connectivity index (χ0v) is 15.9. The summed E-state index contributed by atoms with van der Waals surface area (Å²) < 4.78 is 2.41. The van der Waals surface area contributed by atoms with E-state index >= 15 is 0 Å². The number of carbonyl (C=O) groups is 1. The van der Waals surface area contributed by atoms with Crippen molar-refractivity contribution in [3.05, 3.63) is 80.0 Å². The van der Waals surface area contributed by atoms with Crippen LogP contribution in [0.1, 0.15) is 25.5 Å². The number of nitrogens with zero attached hydrogens (tertiary/aromatic N) is 2. The molecule has 6 nitrogen and oxygen atoms in total. The van der Waals surface area contributed by atoms with Gasteiger partial charge in [-0.1, -0.05) is 41.9 Å². The Morgan fingerprint density at radius 3 is 2.48 bits per heavy atom. The minimum absolute atomic E-state index is 0.201. The summed E-state index contributed by atoms with van der Waals surface area (Å²) in [5, 5.41) is 3.63. The van der Waals surface area contributed by atoms with Gasteiger partial charge >= 0.3 is 5.69 Å². The quantitative estimate of drug-likeness (QED) is 0.733. The Labute approximate surface area is 161 Å². The molecule has 0 aliphatic heterocycles. The number of rotatable bonds is 5. The number of amides is 1. The Kier molecular flexibility index (Phi) is 5.46. The van der Waals surface area contributed by atoms with Gasteiger partial charge in [-0.15, -0.1) is 0 Å². The van der Waals surface area contributed by atoms with E-state index in [1.165, 1.54) is 10.6 Å². The molecule has 1 atom stereocenters. The normalized spacial score (nSPS) is 12.1. The molecule has 2 aromatic carbocycles. The van der Waals surface area contributed by atoms with Gasteiger partial charge in [-0.25, -0.2) is 4.79 Å². The third kappa shape index (κ3) is 3.80. The predicted octanol–water partition coefficient (Wildman–Crippen LogP) is 2.71. The number of halogens is 1. The fraction of sp³-hybridized carbons (Fsp3) is 0.250. The Morgan fingerprint density at radius 1 is 1.11 bits per heavy atom. The van der Waals surface area contributed by atoms with Crippen molar-refractivity contribution >= 4 is 28.4 Å². The van der Waals surface area contributed by atoms with Crippen LogP contribution in [0.3, 0.4) is 0 Å². The van der Waals surface area contributed by atoms with Crippen LogP contribution < -0.4 is 16.6 Å². The second-order valence-electron chi connectivity index (χ2n) is 6.28. The van der Waals surface area contributed by atoms with Crippen LogP contribution in [0, 0.1) is 0 Å². The van der Waals surface area contributed by atoms with Crippen LogP contribution in [-0.4, -0.2) is 15.0 Å². The standard InChI is InChI=1S/C20H20ClN3O3/c1-3-23-19(26)16-10-9-15(21)11-17(16)24(20(23)27)12-18(25)22-13(2)14-7-5-4-6-8-14/h4-11,13H,3,12H2,1-2H3,(H,22,25). The Balaban J connectivity index is 1.99. The van der Waals surface area contributed by atoms with Crippen LogP contribution in [0.5, 0.6) is 0 Å². The summed E-state index contributed by atoms with van der Waals surface area (Å²) >= 11 is 6.05. The molecule has 1 aromatic heterocycles. The topological polar surface area (TPSA) is 73.1 Å². The fourth-order valence-corrected chi connectivity index (χ4v) is 3.24. The van der Waals surface area contributed by atoms with Gasteiger partial charge < -0.3 is 5.32 Å². The lowest BCUT2D eigenvalue weighted by molar-refractivity contribution is -0.122. The van der Waals surface area contributed by atoms with Gasteiger partial charge in [0.15, 0.2) is 0 Å². The summed E-state index contributed by atoms with van der Waals surface area (Å²) in [7, 11) is 0. The minimum Gasteiger partial charge on any atom is -0.348 e. The van der Waals surface area contributed by atoms with E-state index in [4.69, 9.17) is 11.6 Å². The van der Waals surface area contributed by atoms with E-state index < -0.39 is 5.69 Å². The van der Waals surface area contributed by atoms with Gasteiger partial charge in [-0.3, -0.25) is 18.7 Å². The van der Waals surface area contributed by atoms with Crippen LogP contribution in [-0.2, 0) is 17.9 Å². The van der Waals surface area contributed by atoms with Crippen LogP contribution in [0.2, 0.25) is 5.02 Å². The van der Waals surface area contributed by atoms with E-state index in [-0.39, 0.29) is 30.6 Å². The summed E-state index contributed by atoms with van der Waals surface area (Å²) in [6.45, 7) is 3.61. The second kappa shape index (κ2) is 7.80. The molecule has 0 aliphatic carbocycles. The van der Waals surface area contributed by atoms with Gasteiger partial charge in [0.1, 0.15) is 6.54 Å². The van der Waals surface area contributed by atoms with E-state index in [1.807, 2.05) is 37.3 Å². The zero-order chi connectivity index (χ0) is 19.6. The van der Waals surface area contributed by atoms with E-state index in [9.17, 15) is 14.4 Å². The largest absolute Gasteiger partial charge is 0.348 e. The molecule has 0 bridgehead atoms. The molecular weight excluding hydrogens is 366 g/mol. The summed E-state index contributed by atoms with van der Waals surface area (Å²) in [4.78, 5) is 37.8. The Bertz CT molecular complexity index is 1100. The summed E-state index contributed by atoms with van der Waals surface area (Å²) in [6.07, 6.45) is 0. The third-order valence-corrected chi connectivity index (χ3v) is 4.72. The maximum atomic E-state index is 12.7. The number of hydrogen-bond acceptors (Lipinski definition) is 3. The van der Waals surface area contributed by atoms with Gasteiger partial charge in [0.25, 0.3) is 5.56 Å². The maximum absolute atomic E-state index is 12.7. The lowest BCUT2D eigenvalue weighted by Gasteiger charge is -2.17. The van der Waals surface area contributed by atoms with Crippen molar-refractivity contribution in [2.45, 2.75) is 33.0 Å². The van der Waals surface area contributed by atoms with Crippen molar-refractivity contribution in [3.8, 4) is 0 Å². The molecular formula is C20H20ClN3O3. The molecule has 0 saturated carbocycles. The molecule has 1 heterocycles. The predicted molar refractivity (Wildman–Crippen MR) is 106 cm³/mol. The highest BCUT2D eigenvalue weighted by Crippen LogP contribution is 2.16. The van der Waals surface area contributed by atoms with Gasteiger partial charge in [0.2, 0.25) is 5.91 Å². The SMILES string of the molecule is CCn1c(=O)c2ccc(Cl)cc2n(CC(=O)NC(C)c2ccccc2)c1=O. The van der Waals surface area contributed by atoms with Crippen molar-refractivity contribution in [3.63, 3.8) is 0 Å². The van der Waals surface area contributed by atoms with Crippen molar-refractivity contribution < 1.29 is 4.79 Å². The summed E-state index contributed by atoms with van der Waals surface area (Å²) in [5.74, 6) is -0.323. The maximum Gasteiger partial charge on any atom is 0.331 e. The Hall–Kier alpha value is -2.86. The van der Waals surface area contributed by atoms with Gasteiger partial charge in [0, 0.05) is 11.6 Å². The van der Waals surface area contributed by atoms with Crippen LogP contribution in [0.15, 0.2) is 58.1 Å². The smallest absolute Gasteiger partial charge is 0.331 e.